The number of fused-ring (bicyclic) bond motifs is 1. The molecule has 0 aliphatic rings. The van der Waals surface area contributed by atoms with Gasteiger partial charge in [0.15, 0.2) is 6.10 Å². The second-order valence-corrected chi connectivity index (χ2v) is 6.40. The van der Waals surface area contributed by atoms with Crippen LogP contribution in [0, 0.1) is 13.8 Å². The Labute approximate surface area is 151 Å². The molecule has 0 amide bonds. The third-order valence-electron chi connectivity index (χ3n) is 4.24. The van der Waals surface area contributed by atoms with Crippen LogP contribution in [0.5, 0.6) is 0 Å². The highest BCUT2D eigenvalue weighted by Gasteiger charge is 2.27. The monoisotopic (exact) mass is 355 g/mol. The van der Waals surface area contributed by atoms with E-state index in [2.05, 4.69) is 4.98 Å². The molecule has 0 fully saturated rings. The van der Waals surface area contributed by atoms with Crippen LogP contribution in [-0.2, 0) is 9.53 Å². The molecule has 3 rings (SSSR count). The molecule has 1 heterocycles. The highest BCUT2D eigenvalue weighted by atomic mass is 35.5. The van der Waals surface area contributed by atoms with E-state index in [0.29, 0.717) is 16.3 Å². The molecule has 0 radical (unpaired) electrons. The fraction of sp³-hybridized carbons (Fsp3) is 0.200. The second kappa shape index (κ2) is 6.82. The first-order valence-corrected chi connectivity index (χ1v) is 8.22. The van der Waals surface area contributed by atoms with Gasteiger partial charge in [-0.1, -0.05) is 41.4 Å². The molecule has 2 aromatic carbocycles. The lowest BCUT2D eigenvalue weighted by atomic mass is 9.91. The van der Waals surface area contributed by atoms with Crippen molar-refractivity contribution in [3.63, 3.8) is 0 Å². The average Bonchev–Trinajstić information content (AvgIpc) is 2.57. The van der Waals surface area contributed by atoms with E-state index in [1.54, 1.807) is 13.0 Å². The largest absolute Gasteiger partial charge is 0.479 e. The van der Waals surface area contributed by atoms with Crippen molar-refractivity contribution < 1.29 is 14.6 Å². The summed E-state index contributed by atoms with van der Waals surface area (Å²) in [4.78, 5) is 16.3. The predicted molar refractivity (Wildman–Crippen MR) is 99.0 cm³/mol. The molecule has 25 heavy (non-hydrogen) atoms. The van der Waals surface area contributed by atoms with Crippen LogP contribution in [0.4, 0.5) is 0 Å². The minimum absolute atomic E-state index is 0.550. The van der Waals surface area contributed by atoms with E-state index >= 15 is 0 Å². The van der Waals surface area contributed by atoms with Crippen molar-refractivity contribution in [3.05, 3.63) is 64.3 Å². The summed E-state index contributed by atoms with van der Waals surface area (Å²) in [6.45, 7) is 3.81. The van der Waals surface area contributed by atoms with Crippen molar-refractivity contribution in [2.45, 2.75) is 20.0 Å². The summed E-state index contributed by atoms with van der Waals surface area (Å²) >= 11 is 6.20. The van der Waals surface area contributed by atoms with Gasteiger partial charge in [0.1, 0.15) is 0 Å². The van der Waals surface area contributed by atoms with Gasteiger partial charge in [0, 0.05) is 28.8 Å². The van der Waals surface area contributed by atoms with Crippen LogP contribution in [-0.4, -0.2) is 23.2 Å². The van der Waals surface area contributed by atoms with Crippen molar-refractivity contribution in [3.8, 4) is 11.1 Å². The number of carboxylic acid groups (broad SMARTS) is 1. The average molecular weight is 356 g/mol. The van der Waals surface area contributed by atoms with Gasteiger partial charge in [-0.05, 0) is 43.2 Å². The summed E-state index contributed by atoms with van der Waals surface area (Å²) in [5.74, 6) is -1.05. The molecule has 5 heteroatoms. The fourth-order valence-electron chi connectivity index (χ4n) is 3.07. The van der Waals surface area contributed by atoms with Gasteiger partial charge >= 0.3 is 5.97 Å². The lowest BCUT2D eigenvalue weighted by Gasteiger charge is -2.20. The maximum absolute atomic E-state index is 11.7. The summed E-state index contributed by atoms with van der Waals surface area (Å²) in [5, 5.41) is 11.0. The molecule has 0 spiro atoms. The molecule has 3 aromatic rings. The number of benzene rings is 2. The number of ether oxygens (including phenoxy) is 1. The van der Waals surface area contributed by atoms with Gasteiger partial charge in [-0.25, -0.2) is 4.79 Å². The van der Waals surface area contributed by atoms with E-state index in [0.717, 1.165) is 27.6 Å². The number of halogens is 1. The molecule has 1 N–H and O–H groups in total. The second-order valence-electron chi connectivity index (χ2n) is 5.97. The Kier molecular flexibility index (Phi) is 4.75. The SMILES string of the molecule is COC(C(=O)O)c1c(C)nc2ccc(Cl)cc2c1-c1ccc(C)cc1. The van der Waals surface area contributed by atoms with Gasteiger partial charge in [0.25, 0.3) is 0 Å². The Morgan fingerprint density at radius 3 is 2.44 bits per heavy atom. The molecule has 1 aromatic heterocycles. The number of nitrogens with zero attached hydrogens (tertiary/aromatic N) is 1. The van der Waals surface area contributed by atoms with Gasteiger partial charge in [-0.3, -0.25) is 4.98 Å². The van der Waals surface area contributed by atoms with Crippen molar-refractivity contribution in [2.24, 2.45) is 0 Å². The number of aliphatic carboxylic acids is 1. The first kappa shape index (κ1) is 17.4. The van der Waals surface area contributed by atoms with Crippen molar-refractivity contribution >= 4 is 28.5 Å². The van der Waals surface area contributed by atoms with Crippen LogP contribution in [0.3, 0.4) is 0 Å². The van der Waals surface area contributed by atoms with E-state index in [1.165, 1.54) is 7.11 Å². The number of carboxylic acids is 1. The van der Waals surface area contributed by atoms with Crippen molar-refractivity contribution in [2.75, 3.05) is 7.11 Å². The van der Waals surface area contributed by atoms with E-state index in [9.17, 15) is 9.90 Å². The van der Waals surface area contributed by atoms with Gasteiger partial charge in [-0.2, -0.15) is 0 Å². The number of hydrogen-bond acceptors (Lipinski definition) is 3. The summed E-state index contributed by atoms with van der Waals surface area (Å²) in [6, 6.07) is 13.4. The molecule has 1 atom stereocenters. The van der Waals surface area contributed by atoms with E-state index in [-0.39, 0.29) is 0 Å². The molecular formula is C20H18ClNO3. The highest BCUT2D eigenvalue weighted by molar-refractivity contribution is 6.31. The lowest BCUT2D eigenvalue weighted by Crippen LogP contribution is -2.17. The normalized spacial score (nSPS) is 12.3. The van der Waals surface area contributed by atoms with Crippen LogP contribution < -0.4 is 0 Å². The van der Waals surface area contributed by atoms with Gasteiger partial charge in [-0.15, -0.1) is 0 Å². The molecule has 0 aliphatic heterocycles. The molecule has 4 nitrogen and oxygen atoms in total. The third kappa shape index (κ3) is 3.23. The topological polar surface area (TPSA) is 59.4 Å². The number of rotatable bonds is 4. The Balaban J connectivity index is 2.44. The summed E-state index contributed by atoms with van der Waals surface area (Å²) in [5.41, 5.74) is 4.76. The van der Waals surface area contributed by atoms with Gasteiger partial charge < -0.3 is 9.84 Å². The van der Waals surface area contributed by atoms with E-state index < -0.39 is 12.1 Å². The Hall–Kier alpha value is -2.43. The molecule has 128 valence electrons. The summed E-state index contributed by atoms with van der Waals surface area (Å²) < 4.78 is 5.27. The van der Waals surface area contributed by atoms with Crippen LogP contribution >= 0.6 is 11.6 Å². The number of aromatic nitrogens is 1. The quantitative estimate of drug-likeness (QED) is 0.719. The minimum atomic E-state index is -1.10. The van der Waals surface area contributed by atoms with Gasteiger partial charge in [0.05, 0.1) is 5.52 Å². The van der Waals surface area contributed by atoms with E-state index in [1.807, 2.05) is 43.3 Å². The smallest absolute Gasteiger partial charge is 0.337 e. The van der Waals surface area contributed by atoms with Crippen molar-refractivity contribution in [1.82, 2.24) is 4.98 Å². The van der Waals surface area contributed by atoms with Crippen LogP contribution in [0.1, 0.15) is 22.9 Å². The van der Waals surface area contributed by atoms with Crippen LogP contribution in [0.25, 0.3) is 22.0 Å². The number of hydrogen-bond donors (Lipinski definition) is 1. The Morgan fingerprint density at radius 1 is 1.16 bits per heavy atom. The number of carbonyl (C=O) groups is 1. The summed E-state index contributed by atoms with van der Waals surface area (Å²) in [6.07, 6.45) is -1.10. The molecule has 0 saturated heterocycles. The maximum Gasteiger partial charge on any atom is 0.337 e. The zero-order valence-electron chi connectivity index (χ0n) is 14.2. The first-order valence-electron chi connectivity index (χ1n) is 7.84. The van der Waals surface area contributed by atoms with E-state index in [4.69, 9.17) is 16.3 Å². The standard InChI is InChI=1S/C20H18ClNO3/c1-11-4-6-13(7-5-11)18-15-10-14(21)8-9-16(15)22-12(2)17(18)19(25-3)20(23)24/h4-10,19H,1-3H3,(H,23,24). The van der Waals surface area contributed by atoms with Crippen molar-refractivity contribution in [1.29, 1.82) is 0 Å². The molecule has 0 aliphatic carbocycles. The number of methoxy groups -OCH3 is 1. The van der Waals surface area contributed by atoms with Gasteiger partial charge in [0.2, 0.25) is 0 Å². The maximum atomic E-state index is 11.7. The zero-order valence-corrected chi connectivity index (χ0v) is 15.0. The number of aryl methyl sites for hydroxylation is 2. The highest BCUT2D eigenvalue weighted by Crippen LogP contribution is 2.38. The van der Waals surface area contributed by atoms with Crippen LogP contribution in [0.15, 0.2) is 42.5 Å². The molecular weight excluding hydrogens is 338 g/mol. The predicted octanol–water partition coefficient (Wildman–Crippen LogP) is 4.94. The number of pyridine rings is 1. The first-order chi connectivity index (χ1) is 11.9. The third-order valence-corrected chi connectivity index (χ3v) is 4.47. The Bertz CT molecular complexity index is 951. The lowest BCUT2D eigenvalue weighted by molar-refractivity contribution is -0.148. The molecule has 1 unspecified atom stereocenters. The zero-order chi connectivity index (χ0) is 18.1. The summed E-state index contributed by atoms with van der Waals surface area (Å²) in [7, 11) is 1.39. The minimum Gasteiger partial charge on any atom is -0.479 e. The fourth-order valence-corrected chi connectivity index (χ4v) is 3.24. The molecule has 0 saturated carbocycles. The van der Waals surface area contributed by atoms with Crippen LogP contribution in [0.2, 0.25) is 5.02 Å². The molecule has 0 bridgehead atoms. The Morgan fingerprint density at radius 2 is 1.84 bits per heavy atom.